The van der Waals surface area contributed by atoms with Gasteiger partial charge in [-0.25, -0.2) is 0 Å². The van der Waals surface area contributed by atoms with Gasteiger partial charge in [-0.1, -0.05) is 76.2 Å². The molecule has 220 valence electrons. The first-order chi connectivity index (χ1) is 19.5. The highest BCUT2D eigenvalue weighted by molar-refractivity contribution is 6.48. The quantitative estimate of drug-likeness (QED) is 0.387. The van der Waals surface area contributed by atoms with Crippen LogP contribution in [0.2, 0.25) is 0 Å². The SMILES string of the molecule is COc1ccccc1CC(=O)N[C@@H](Cc1ccccc1)C(=O)N[C@@H](CC(C)C)B1O[C@@H]2C[C@H]3C[C@H](C3(C)C)[C@]2(C)O1. The molecule has 6 atom stereocenters. The molecule has 4 fully saturated rings. The topological polar surface area (TPSA) is 85.9 Å². The van der Waals surface area contributed by atoms with Gasteiger partial charge in [-0.3, -0.25) is 9.59 Å². The maximum atomic E-state index is 13.9. The molecule has 0 spiro atoms. The fraction of sp³-hybridized carbons (Fsp3) is 0.576. The van der Waals surface area contributed by atoms with Crippen LogP contribution >= 0.6 is 0 Å². The number of methoxy groups -OCH3 is 1. The third-order valence-corrected chi connectivity index (χ3v) is 9.83. The fourth-order valence-corrected chi connectivity index (χ4v) is 7.43. The maximum Gasteiger partial charge on any atom is 0.481 e. The summed E-state index contributed by atoms with van der Waals surface area (Å²) < 4.78 is 18.7. The minimum Gasteiger partial charge on any atom is -0.496 e. The Morgan fingerprint density at radius 1 is 1.02 bits per heavy atom. The third-order valence-electron chi connectivity index (χ3n) is 9.83. The summed E-state index contributed by atoms with van der Waals surface area (Å²) in [5, 5.41) is 6.26. The van der Waals surface area contributed by atoms with Gasteiger partial charge in [-0.05, 0) is 61.0 Å². The highest BCUT2D eigenvalue weighted by atomic mass is 16.7. The summed E-state index contributed by atoms with van der Waals surface area (Å²) in [6.45, 7) is 11.2. The van der Waals surface area contributed by atoms with Gasteiger partial charge in [0.1, 0.15) is 11.8 Å². The molecule has 0 unspecified atom stereocenters. The molecule has 6 rings (SSSR count). The summed E-state index contributed by atoms with van der Waals surface area (Å²) in [7, 11) is 1.07. The Hall–Kier alpha value is -2.84. The Kier molecular flexibility index (Phi) is 8.54. The van der Waals surface area contributed by atoms with Crippen LogP contribution in [0.25, 0.3) is 0 Å². The number of hydrogen-bond acceptors (Lipinski definition) is 5. The van der Waals surface area contributed by atoms with E-state index in [-0.39, 0.29) is 41.3 Å². The van der Waals surface area contributed by atoms with Crippen molar-refractivity contribution in [3.8, 4) is 5.75 Å². The molecule has 0 aromatic heterocycles. The van der Waals surface area contributed by atoms with Crippen LogP contribution in [0.3, 0.4) is 0 Å². The van der Waals surface area contributed by atoms with Gasteiger partial charge in [0.2, 0.25) is 11.8 Å². The van der Waals surface area contributed by atoms with E-state index < -0.39 is 13.2 Å². The third kappa shape index (κ3) is 6.05. The van der Waals surface area contributed by atoms with Crippen LogP contribution in [0.1, 0.15) is 65.0 Å². The second-order valence-corrected chi connectivity index (χ2v) is 13.4. The van der Waals surface area contributed by atoms with Crippen molar-refractivity contribution in [2.45, 2.75) is 90.4 Å². The van der Waals surface area contributed by atoms with Gasteiger partial charge in [-0.2, -0.15) is 0 Å². The van der Waals surface area contributed by atoms with Gasteiger partial charge in [0, 0.05) is 12.0 Å². The number of nitrogens with one attached hydrogen (secondary N) is 2. The van der Waals surface area contributed by atoms with E-state index in [9.17, 15) is 9.59 Å². The van der Waals surface area contributed by atoms with Gasteiger partial charge in [-0.15, -0.1) is 0 Å². The lowest BCUT2D eigenvalue weighted by Gasteiger charge is -2.64. The van der Waals surface area contributed by atoms with Crippen molar-refractivity contribution in [3.05, 3.63) is 65.7 Å². The number of carbonyl (C=O) groups is 2. The van der Waals surface area contributed by atoms with E-state index in [0.29, 0.717) is 36.3 Å². The van der Waals surface area contributed by atoms with Gasteiger partial charge >= 0.3 is 7.12 Å². The van der Waals surface area contributed by atoms with Crippen LogP contribution in [0.5, 0.6) is 5.75 Å². The molecule has 1 saturated heterocycles. The predicted molar refractivity (Wildman–Crippen MR) is 160 cm³/mol. The van der Waals surface area contributed by atoms with Gasteiger partial charge in [0.15, 0.2) is 0 Å². The van der Waals surface area contributed by atoms with Crippen molar-refractivity contribution in [2.75, 3.05) is 7.11 Å². The predicted octanol–water partition coefficient (Wildman–Crippen LogP) is 4.76. The molecule has 2 aromatic carbocycles. The van der Waals surface area contributed by atoms with E-state index in [4.69, 9.17) is 14.0 Å². The lowest BCUT2D eigenvalue weighted by Crippen LogP contribution is -2.65. The van der Waals surface area contributed by atoms with Crippen LogP contribution in [0.4, 0.5) is 0 Å². The van der Waals surface area contributed by atoms with Crippen LogP contribution in [0.15, 0.2) is 54.6 Å². The average molecular weight is 561 g/mol. The van der Waals surface area contributed by atoms with E-state index in [2.05, 4.69) is 45.3 Å². The first kappa shape index (κ1) is 29.7. The lowest BCUT2D eigenvalue weighted by atomic mass is 9.43. The van der Waals surface area contributed by atoms with Crippen molar-refractivity contribution in [1.82, 2.24) is 10.6 Å². The molecule has 8 heteroatoms. The van der Waals surface area contributed by atoms with E-state index >= 15 is 0 Å². The largest absolute Gasteiger partial charge is 0.496 e. The fourth-order valence-electron chi connectivity index (χ4n) is 7.43. The molecule has 2 aromatic rings. The molecule has 2 N–H and O–H groups in total. The lowest BCUT2D eigenvalue weighted by molar-refractivity contribution is -0.199. The number of benzene rings is 2. The van der Waals surface area contributed by atoms with E-state index in [1.54, 1.807) is 7.11 Å². The van der Waals surface area contributed by atoms with Crippen molar-refractivity contribution >= 4 is 18.9 Å². The molecule has 1 aliphatic heterocycles. The van der Waals surface area contributed by atoms with E-state index in [1.807, 2.05) is 54.6 Å². The average Bonchev–Trinajstić information content (AvgIpc) is 3.30. The van der Waals surface area contributed by atoms with Crippen molar-refractivity contribution in [2.24, 2.45) is 23.2 Å². The molecular weight excluding hydrogens is 515 g/mol. The first-order valence-corrected chi connectivity index (χ1v) is 15.1. The van der Waals surface area contributed by atoms with Gasteiger partial charge in [0.05, 0.1) is 31.2 Å². The molecule has 41 heavy (non-hydrogen) atoms. The number of para-hydroxylation sites is 1. The molecule has 1 heterocycles. The number of carbonyl (C=O) groups excluding carboxylic acids is 2. The Balaban J connectivity index is 1.32. The standard InChI is InChI=1S/C33H45BN2O5/c1-21(2)16-29(34-40-28-20-24-19-27(32(24,3)4)33(28,5)41-34)36-31(38)25(17-22-12-8-7-9-13-22)35-30(37)18-23-14-10-11-15-26(23)39-6/h7-15,21,24-25,27-29H,16-20H2,1-6H3,(H,35,37)(H,36,38)/t24-,25+,27-,28-,29+,33+/m1/s1. The minimum atomic E-state index is -0.750. The maximum absolute atomic E-state index is 13.9. The Labute approximate surface area is 245 Å². The summed E-state index contributed by atoms with van der Waals surface area (Å²) in [5.41, 5.74) is 1.63. The number of rotatable bonds is 11. The minimum absolute atomic E-state index is 0.0384. The van der Waals surface area contributed by atoms with Crippen molar-refractivity contribution < 1.29 is 23.6 Å². The zero-order chi connectivity index (χ0) is 29.4. The summed E-state index contributed by atoms with van der Waals surface area (Å²) >= 11 is 0. The monoisotopic (exact) mass is 560 g/mol. The molecule has 3 saturated carbocycles. The highest BCUT2D eigenvalue weighted by Crippen LogP contribution is 2.65. The Morgan fingerprint density at radius 2 is 1.73 bits per heavy atom. The summed E-state index contributed by atoms with van der Waals surface area (Å²) in [6, 6.07) is 16.5. The van der Waals surface area contributed by atoms with Gasteiger partial charge < -0.3 is 24.7 Å². The van der Waals surface area contributed by atoms with Crippen molar-refractivity contribution in [1.29, 1.82) is 0 Å². The summed E-state index contributed by atoms with van der Waals surface area (Å²) in [6.07, 6.45) is 3.42. The van der Waals surface area contributed by atoms with E-state index in [1.165, 1.54) is 6.42 Å². The number of amides is 2. The van der Waals surface area contributed by atoms with Gasteiger partial charge in [0.25, 0.3) is 0 Å². The zero-order valence-corrected chi connectivity index (χ0v) is 25.3. The summed E-state index contributed by atoms with van der Waals surface area (Å²) in [4.78, 5) is 27.1. The number of ether oxygens (including phenoxy) is 1. The van der Waals surface area contributed by atoms with Crippen molar-refractivity contribution in [3.63, 3.8) is 0 Å². The second-order valence-electron chi connectivity index (χ2n) is 13.4. The summed E-state index contributed by atoms with van der Waals surface area (Å²) in [5.74, 6) is 1.27. The molecule has 3 aliphatic carbocycles. The van der Waals surface area contributed by atoms with Crippen LogP contribution in [0, 0.1) is 23.2 Å². The van der Waals surface area contributed by atoms with E-state index in [0.717, 1.165) is 17.5 Å². The zero-order valence-electron chi connectivity index (χ0n) is 25.3. The van der Waals surface area contributed by atoms with Crippen LogP contribution in [-0.2, 0) is 31.7 Å². The smallest absolute Gasteiger partial charge is 0.481 e. The normalized spacial score (nSPS) is 27.4. The Morgan fingerprint density at radius 3 is 2.41 bits per heavy atom. The molecule has 2 bridgehead atoms. The first-order valence-electron chi connectivity index (χ1n) is 15.1. The molecular formula is C33H45BN2O5. The molecule has 7 nitrogen and oxygen atoms in total. The molecule has 0 radical (unpaired) electrons. The number of hydrogen-bond donors (Lipinski definition) is 2. The highest BCUT2D eigenvalue weighted by Gasteiger charge is 2.68. The van der Waals surface area contributed by atoms with Crippen LogP contribution < -0.4 is 15.4 Å². The molecule has 2 amide bonds. The molecule has 4 aliphatic rings. The Bertz CT molecular complexity index is 1240. The van der Waals surface area contributed by atoms with Crippen LogP contribution in [-0.4, -0.2) is 49.7 Å². The second kappa shape index (κ2) is 11.8.